The van der Waals surface area contributed by atoms with E-state index in [0.717, 1.165) is 43.6 Å². The highest BCUT2D eigenvalue weighted by Gasteiger charge is 2.34. The minimum Gasteiger partial charge on any atom is -0.355 e. The largest absolute Gasteiger partial charge is 0.416 e. The van der Waals surface area contributed by atoms with E-state index in [9.17, 15) is 21.6 Å². The first-order valence-corrected chi connectivity index (χ1v) is 11.1. The lowest BCUT2D eigenvalue weighted by Gasteiger charge is -2.37. The summed E-state index contributed by atoms with van der Waals surface area (Å²) in [7, 11) is -1.78. The summed E-state index contributed by atoms with van der Waals surface area (Å²) in [5.41, 5.74) is 0.835. The number of benzene rings is 2. The molecule has 0 aromatic heterocycles. The smallest absolute Gasteiger partial charge is 0.355 e. The summed E-state index contributed by atoms with van der Waals surface area (Å²) < 4.78 is 66.7. The van der Waals surface area contributed by atoms with Crippen LogP contribution in [0.15, 0.2) is 57.8 Å². The van der Waals surface area contributed by atoms with Gasteiger partial charge in [-0.15, -0.1) is 4.40 Å². The zero-order chi connectivity index (χ0) is 21.5. The highest BCUT2D eigenvalue weighted by atomic mass is 32.2. The fraction of sp³-hybridized carbons (Fsp3) is 0.381. The van der Waals surface area contributed by atoms with Crippen molar-refractivity contribution in [1.29, 1.82) is 0 Å². The van der Waals surface area contributed by atoms with Crippen LogP contribution in [0, 0.1) is 0 Å². The van der Waals surface area contributed by atoms with Crippen molar-refractivity contribution in [3.63, 3.8) is 0 Å². The average molecular weight is 437 g/mol. The third-order valence-electron chi connectivity index (χ3n) is 5.74. The molecular formula is C21H22F3N3O2S. The van der Waals surface area contributed by atoms with Crippen LogP contribution >= 0.6 is 0 Å². The Kier molecular flexibility index (Phi) is 5.36. The van der Waals surface area contributed by atoms with Crippen LogP contribution < -0.4 is 0 Å². The van der Waals surface area contributed by atoms with Crippen LogP contribution in [0.4, 0.5) is 13.2 Å². The number of nitrogens with zero attached hydrogens (tertiary/aromatic N) is 3. The molecule has 160 valence electrons. The fourth-order valence-corrected chi connectivity index (χ4v) is 5.28. The van der Waals surface area contributed by atoms with Crippen LogP contribution in [0.25, 0.3) is 0 Å². The first-order chi connectivity index (χ1) is 14.1. The lowest BCUT2D eigenvalue weighted by Crippen LogP contribution is -2.45. The molecule has 1 saturated heterocycles. The maximum absolute atomic E-state index is 12.7. The Morgan fingerprint density at radius 2 is 1.70 bits per heavy atom. The molecule has 0 N–H and O–H groups in total. The number of likely N-dealkylation sites (tertiary alicyclic amines) is 1. The number of fused-ring (bicyclic) bond motifs is 1. The van der Waals surface area contributed by atoms with E-state index in [4.69, 9.17) is 0 Å². The second-order valence-corrected chi connectivity index (χ2v) is 9.27. The van der Waals surface area contributed by atoms with Gasteiger partial charge in [-0.2, -0.15) is 21.6 Å². The Morgan fingerprint density at radius 3 is 2.33 bits per heavy atom. The highest BCUT2D eigenvalue weighted by Crippen LogP contribution is 2.31. The van der Waals surface area contributed by atoms with Crippen LogP contribution in [0.1, 0.15) is 29.5 Å². The Hall–Kier alpha value is -2.39. The van der Waals surface area contributed by atoms with Crippen molar-refractivity contribution in [1.82, 2.24) is 9.80 Å². The lowest BCUT2D eigenvalue weighted by atomic mass is 10.0. The van der Waals surface area contributed by atoms with Crippen LogP contribution in [-0.4, -0.2) is 50.2 Å². The molecule has 5 nitrogen and oxygen atoms in total. The number of rotatable bonds is 3. The summed E-state index contributed by atoms with van der Waals surface area (Å²) in [5, 5.41) is 0. The standard InChI is InChI=1S/C21H22F3N3O2S/c1-26(20-18-4-2-3-5-19(18)30(28,29)25-20)17-10-12-27(13-11-17)14-15-6-8-16(9-7-15)21(22,23)24/h2-9,17H,10-14H2,1H3. The van der Waals surface area contributed by atoms with E-state index < -0.39 is 21.8 Å². The Morgan fingerprint density at radius 1 is 1.07 bits per heavy atom. The van der Waals surface area contributed by atoms with Gasteiger partial charge in [0.2, 0.25) is 0 Å². The van der Waals surface area contributed by atoms with Crippen molar-refractivity contribution < 1.29 is 21.6 Å². The molecule has 0 aliphatic carbocycles. The second kappa shape index (κ2) is 7.70. The first-order valence-electron chi connectivity index (χ1n) is 9.71. The Balaban J connectivity index is 1.38. The minimum absolute atomic E-state index is 0.147. The summed E-state index contributed by atoms with van der Waals surface area (Å²) in [6.45, 7) is 2.14. The Bertz CT molecular complexity index is 1060. The molecule has 0 saturated carbocycles. The number of halogens is 3. The molecule has 0 unspecified atom stereocenters. The predicted octanol–water partition coefficient (Wildman–Crippen LogP) is 3.75. The molecule has 0 bridgehead atoms. The number of hydrogen-bond donors (Lipinski definition) is 0. The zero-order valence-electron chi connectivity index (χ0n) is 16.4. The number of amidine groups is 1. The van der Waals surface area contributed by atoms with Gasteiger partial charge in [0, 0.05) is 38.3 Å². The summed E-state index contributed by atoms with van der Waals surface area (Å²) >= 11 is 0. The monoisotopic (exact) mass is 437 g/mol. The number of alkyl halides is 3. The van der Waals surface area contributed by atoms with E-state index in [0.29, 0.717) is 17.9 Å². The quantitative estimate of drug-likeness (QED) is 0.734. The zero-order valence-corrected chi connectivity index (χ0v) is 17.2. The van der Waals surface area contributed by atoms with Crippen LogP contribution in [0.2, 0.25) is 0 Å². The van der Waals surface area contributed by atoms with Crippen molar-refractivity contribution in [2.75, 3.05) is 20.1 Å². The molecule has 2 aliphatic heterocycles. The van der Waals surface area contributed by atoms with Gasteiger partial charge in [0.05, 0.1) is 5.56 Å². The number of sulfonamides is 1. The van der Waals surface area contributed by atoms with Crippen molar-refractivity contribution in [3.8, 4) is 0 Å². The maximum Gasteiger partial charge on any atom is 0.416 e. The summed E-state index contributed by atoms with van der Waals surface area (Å²) in [4.78, 5) is 4.39. The molecule has 0 atom stereocenters. The van der Waals surface area contributed by atoms with E-state index >= 15 is 0 Å². The molecule has 0 amide bonds. The number of hydrogen-bond acceptors (Lipinski definition) is 4. The molecule has 9 heteroatoms. The third kappa shape index (κ3) is 4.09. The van der Waals surface area contributed by atoms with Gasteiger partial charge in [0.1, 0.15) is 4.90 Å². The molecule has 1 fully saturated rings. The van der Waals surface area contributed by atoms with Gasteiger partial charge < -0.3 is 4.90 Å². The molecule has 30 heavy (non-hydrogen) atoms. The van der Waals surface area contributed by atoms with Crippen molar-refractivity contribution in [2.24, 2.45) is 4.40 Å². The van der Waals surface area contributed by atoms with Gasteiger partial charge in [0.25, 0.3) is 10.0 Å². The molecule has 4 rings (SSSR count). The summed E-state index contributed by atoms with van der Waals surface area (Å²) in [6.07, 6.45) is -2.69. The van der Waals surface area contributed by atoms with E-state index in [2.05, 4.69) is 9.30 Å². The van der Waals surface area contributed by atoms with Crippen molar-refractivity contribution >= 4 is 15.9 Å². The van der Waals surface area contributed by atoms with Crippen molar-refractivity contribution in [2.45, 2.75) is 36.5 Å². The van der Waals surface area contributed by atoms with E-state index in [1.807, 2.05) is 11.9 Å². The molecular weight excluding hydrogens is 415 g/mol. The van der Waals surface area contributed by atoms with E-state index in [1.54, 1.807) is 24.3 Å². The van der Waals surface area contributed by atoms with Gasteiger partial charge >= 0.3 is 6.18 Å². The third-order valence-corrected chi connectivity index (χ3v) is 7.06. The van der Waals surface area contributed by atoms with Gasteiger partial charge in [-0.05, 0) is 42.7 Å². The van der Waals surface area contributed by atoms with Crippen LogP contribution in [-0.2, 0) is 22.7 Å². The SMILES string of the molecule is CN(C1=NS(=O)(=O)c2ccccc21)C1CCN(Cc2ccc(C(F)(F)F)cc2)CC1. The first kappa shape index (κ1) is 20.9. The molecule has 2 aromatic rings. The summed E-state index contributed by atoms with van der Waals surface area (Å²) in [6, 6.07) is 12.3. The predicted molar refractivity (Wildman–Crippen MR) is 108 cm³/mol. The van der Waals surface area contributed by atoms with Gasteiger partial charge in [-0.25, -0.2) is 0 Å². The minimum atomic E-state index is -4.32. The lowest BCUT2D eigenvalue weighted by molar-refractivity contribution is -0.137. The Labute approximate surface area is 173 Å². The van der Waals surface area contributed by atoms with Crippen molar-refractivity contribution in [3.05, 3.63) is 65.2 Å². The van der Waals surface area contributed by atoms with Gasteiger partial charge in [-0.1, -0.05) is 24.3 Å². The topological polar surface area (TPSA) is 53.0 Å². The molecule has 2 aliphatic rings. The van der Waals surface area contributed by atoms with Crippen LogP contribution in [0.3, 0.4) is 0 Å². The molecule has 2 aromatic carbocycles. The average Bonchev–Trinajstić information content (AvgIpc) is 2.99. The second-order valence-electron chi connectivity index (χ2n) is 7.70. The maximum atomic E-state index is 12.7. The van der Waals surface area contributed by atoms with E-state index in [1.165, 1.54) is 12.1 Å². The van der Waals surface area contributed by atoms with Gasteiger partial charge in [0.15, 0.2) is 5.84 Å². The normalized spacial score (nSPS) is 19.4. The van der Waals surface area contributed by atoms with Crippen LogP contribution in [0.5, 0.6) is 0 Å². The molecule has 0 spiro atoms. The number of piperidine rings is 1. The highest BCUT2D eigenvalue weighted by molar-refractivity contribution is 7.90. The molecule has 2 heterocycles. The molecule has 0 radical (unpaired) electrons. The van der Waals surface area contributed by atoms with E-state index in [-0.39, 0.29) is 10.9 Å². The van der Waals surface area contributed by atoms with Gasteiger partial charge in [-0.3, -0.25) is 4.90 Å². The summed E-state index contributed by atoms with van der Waals surface area (Å²) in [5.74, 6) is 0.479. The fourth-order valence-electron chi connectivity index (χ4n) is 4.04.